The SMILES string of the molecule is CCCCCc1ccc(C(=O)Oc2ccc(OC(=O)c3ccc(OCCCCCCCC(C)(C)OC(=O)CCCCCC(C)(C)O)cc3)cc2)cc1. The molecule has 8 heteroatoms. The van der Waals surface area contributed by atoms with Gasteiger partial charge in [0.05, 0.1) is 23.3 Å². The van der Waals surface area contributed by atoms with E-state index in [0.717, 1.165) is 77.0 Å². The predicted molar refractivity (Wildman–Crippen MR) is 205 cm³/mol. The summed E-state index contributed by atoms with van der Waals surface area (Å²) in [5.74, 6) is 0.322. The van der Waals surface area contributed by atoms with Gasteiger partial charge >= 0.3 is 17.9 Å². The molecule has 1 N–H and O–H groups in total. The van der Waals surface area contributed by atoms with E-state index < -0.39 is 23.1 Å². The summed E-state index contributed by atoms with van der Waals surface area (Å²) in [6.07, 6.45) is 14.2. The highest BCUT2D eigenvalue weighted by Crippen LogP contribution is 2.23. The molecule has 0 fully saturated rings. The van der Waals surface area contributed by atoms with E-state index in [-0.39, 0.29) is 5.97 Å². The van der Waals surface area contributed by atoms with Crippen LogP contribution in [0.1, 0.15) is 151 Å². The van der Waals surface area contributed by atoms with E-state index >= 15 is 0 Å². The van der Waals surface area contributed by atoms with Gasteiger partial charge in [0, 0.05) is 6.42 Å². The lowest BCUT2D eigenvalue weighted by atomic mass is 9.99. The maximum atomic E-state index is 12.7. The summed E-state index contributed by atoms with van der Waals surface area (Å²) in [6.45, 7) is 10.3. The summed E-state index contributed by atoms with van der Waals surface area (Å²) in [6, 6.07) is 20.8. The van der Waals surface area contributed by atoms with Crippen molar-refractivity contribution in [1.29, 1.82) is 0 Å². The molecule has 0 spiro atoms. The van der Waals surface area contributed by atoms with Crippen molar-refractivity contribution in [2.24, 2.45) is 0 Å². The van der Waals surface area contributed by atoms with E-state index in [1.165, 1.54) is 18.4 Å². The van der Waals surface area contributed by atoms with E-state index in [9.17, 15) is 19.5 Å². The fourth-order valence-electron chi connectivity index (χ4n) is 5.77. The van der Waals surface area contributed by atoms with Crippen LogP contribution in [0.3, 0.4) is 0 Å². The smallest absolute Gasteiger partial charge is 0.343 e. The molecule has 0 radical (unpaired) electrons. The second-order valence-corrected chi connectivity index (χ2v) is 14.9. The molecule has 0 aliphatic rings. The van der Waals surface area contributed by atoms with Crippen molar-refractivity contribution in [1.82, 2.24) is 0 Å². The first-order valence-electron chi connectivity index (χ1n) is 19.1. The molecule has 0 atom stereocenters. The van der Waals surface area contributed by atoms with Crippen LogP contribution in [0.15, 0.2) is 72.8 Å². The van der Waals surface area contributed by atoms with Crippen molar-refractivity contribution in [3.63, 3.8) is 0 Å². The molecule has 0 amide bonds. The zero-order valence-electron chi connectivity index (χ0n) is 32.0. The van der Waals surface area contributed by atoms with Crippen LogP contribution in [0.5, 0.6) is 17.2 Å². The Morgan fingerprint density at radius 2 is 1.08 bits per heavy atom. The van der Waals surface area contributed by atoms with Crippen molar-refractivity contribution in [2.75, 3.05) is 6.61 Å². The average molecular weight is 717 g/mol. The number of aliphatic hydroxyl groups is 1. The lowest BCUT2D eigenvalue weighted by Gasteiger charge is -2.25. The van der Waals surface area contributed by atoms with Crippen LogP contribution < -0.4 is 14.2 Å². The Bertz CT molecular complexity index is 1490. The number of ether oxygens (including phenoxy) is 4. The van der Waals surface area contributed by atoms with Gasteiger partial charge in [0.15, 0.2) is 0 Å². The first-order valence-corrected chi connectivity index (χ1v) is 19.1. The number of aryl methyl sites for hydroxylation is 1. The van der Waals surface area contributed by atoms with Gasteiger partial charge in [-0.05, 0) is 139 Å². The first-order chi connectivity index (χ1) is 24.8. The fourth-order valence-corrected chi connectivity index (χ4v) is 5.77. The molecule has 284 valence electrons. The minimum absolute atomic E-state index is 0.142. The summed E-state index contributed by atoms with van der Waals surface area (Å²) >= 11 is 0. The Morgan fingerprint density at radius 3 is 1.65 bits per heavy atom. The zero-order chi connectivity index (χ0) is 37.8. The highest BCUT2D eigenvalue weighted by Gasteiger charge is 2.22. The van der Waals surface area contributed by atoms with Crippen LogP contribution in [0.2, 0.25) is 0 Å². The van der Waals surface area contributed by atoms with Crippen LogP contribution in [0.4, 0.5) is 0 Å². The van der Waals surface area contributed by atoms with Gasteiger partial charge in [-0.15, -0.1) is 0 Å². The summed E-state index contributed by atoms with van der Waals surface area (Å²) in [5, 5.41) is 9.78. The highest BCUT2D eigenvalue weighted by atomic mass is 16.6. The molecule has 0 aromatic heterocycles. The molecule has 0 aliphatic carbocycles. The van der Waals surface area contributed by atoms with E-state index in [1.54, 1.807) is 60.7 Å². The Balaban J connectivity index is 1.26. The normalized spacial score (nSPS) is 11.6. The zero-order valence-corrected chi connectivity index (χ0v) is 32.0. The summed E-state index contributed by atoms with van der Waals surface area (Å²) in [5.41, 5.74) is 0.976. The molecule has 52 heavy (non-hydrogen) atoms. The van der Waals surface area contributed by atoms with Crippen molar-refractivity contribution in [3.8, 4) is 17.2 Å². The third-order valence-electron chi connectivity index (χ3n) is 8.85. The standard InChI is InChI=1S/C44H60O8/c1-6-7-12-17-34-19-21-35(22-20-34)41(46)50-38-27-29-39(30-28-38)51-42(47)36-23-25-37(26-24-36)49-33-16-10-8-9-15-32-44(4,5)52-40(45)18-13-11-14-31-43(2,3)48/h19-30,48H,6-18,31-33H2,1-5H3. The molecule has 0 aliphatic heterocycles. The summed E-state index contributed by atoms with van der Waals surface area (Å²) in [7, 11) is 0. The molecular weight excluding hydrogens is 656 g/mol. The number of carbonyl (C=O) groups excluding carboxylic acids is 3. The molecule has 3 aromatic carbocycles. The number of esters is 3. The van der Waals surface area contributed by atoms with E-state index in [4.69, 9.17) is 18.9 Å². The second kappa shape index (κ2) is 22.0. The quantitative estimate of drug-likeness (QED) is 0.0554. The van der Waals surface area contributed by atoms with Gasteiger partial charge in [-0.25, -0.2) is 9.59 Å². The Labute approximate surface area is 311 Å². The van der Waals surface area contributed by atoms with Crippen LogP contribution in [0.25, 0.3) is 0 Å². The topological polar surface area (TPSA) is 108 Å². The molecule has 3 rings (SSSR count). The Hall–Kier alpha value is -4.17. The largest absolute Gasteiger partial charge is 0.494 e. The molecular formula is C44H60O8. The Morgan fingerprint density at radius 1 is 0.577 bits per heavy atom. The molecule has 0 heterocycles. The van der Waals surface area contributed by atoms with Gasteiger partial charge in [0.25, 0.3) is 0 Å². The molecule has 0 saturated carbocycles. The van der Waals surface area contributed by atoms with Crippen molar-refractivity contribution in [3.05, 3.63) is 89.5 Å². The molecule has 0 unspecified atom stereocenters. The van der Waals surface area contributed by atoms with E-state index in [1.807, 2.05) is 39.8 Å². The van der Waals surface area contributed by atoms with Crippen LogP contribution in [-0.4, -0.2) is 40.8 Å². The maximum absolute atomic E-state index is 12.7. The van der Waals surface area contributed by atoms with Gasteiger partial charge in [0.1, 0.15) is 22.8 Å². The fraction of sp³-hybridized carbons (Fsp3) is 0.523. The van der Waals surface area contributed by atoms with E-state index in [0.29, 0.717) is 41.4 Å². The van der Waals surface area contributed by atoms with Crippen LogP contribution >= 0.6 is 0 Å². The molecule has 0 bridgehead atoms. The summed E-state index contributed by atoms with van der Waals surface area (Å²) in [4.78, 5) is 37.5. The van der Waals surface area contributed by atoms with Gasteiger partial charge < -0.3 is 24.1 Å². The van der Waals surface area contributed by atoms with Gasteiger partial charge in [0.2, 0.25) is 0 Å². The van der Waals surface area contributed by atoms with Crippen molar-refractivity contribution < 1.29 is 38.4 Å². The van der Waals surface area contributed by atoms with Crippen LogP contribution in [-0.2, 0) is 16.0 Å². The number of unbranched alkanes of at least 4 members (excludes halogenated alkanes) is 8. The third kappa shape index (κ3) is 17.4. The minimum atomic E-state index is -0.650. The third-order valence-corrected chi connectivity index (χ3v) is 8.85. The minimum Gasteiger partial charge on any atom is -0.494 e. The highest BCUT2D eigenvalue weighted by molar-refractivity contribution is 5.92. The summed E-state index contributed by atoms with van der Waals surface area (Å²) < 4.78 is 22.6. The number of hydrogen-bond acceptors (Lipinski definition) is 8. The van der Waals surface area contributed by atoms with Gasteiger partial charge in [-0.3, -0.25) is 4.79 Å². The lowest BCUT2D eigenvalue weighted by molar-refractivity contribution is -0.157. The monoisotopic (exact) mass is 716 g/mol. The van der Waals surface area contributed by atoms with Crippen molar-refractivity contribution in [2.45, 2.75) is 142 Å². The number of hydrogen-bond donors (Lipinski definition) is 1. The lowest BCUT2D eigenvalue weighted by Crippen LogP contribution is -2.28. The first kappa shape index (κ1) is 42.2. The Kier molecular flexibility index (Phi) is 17.9. The van der Waals surface area contributed by atoms with E-state index in [2.05, 4.69) is 6.92 Å². The molecule has 3 aromatic rings. The molecule has 8 nitrogen and oxygen atoms in total. The van der Waals surface area contributed by atoms with Crippen LogP contribution in [0, 0.1) is 0 Å². The maximum Gasteiger partial charge on any atom is 0.343 e. The number of carbonyl (C=O) groups is 3. The molecule has 0 saturated heterocycles. The second-order valence-electron chi connectivity index (χ2n) is 14.9. The average Bonchev–Trinajstić information content (AvgIpc) is 3.10. The van der Waals surface area contributed by atoms with Crippen molar-refractivity contribution >= 4 is 17.9 Å². The number of benzene rings is 3. The number of rotatable bonds is 24. The predicted octanol–water partition coefficient (Wildman–Crippen LogP) is 10.6. The van der Waals surface area contributed by atoms with Gasteiger partial charge in [-0.1, -0.05) is 64.0 Å². The van der Waals surface area contributed by atoms with Gasteiger partial charge in [-0.2, -0.15) is 0 Å².